The number of aliphatic hydroxyl groups excluding tert-OH is 1. The van der Waals surface area contributed by atoms with Gasteiger partial charge in [-0.3, -0.25) is 4.99 Å². The summed E-state index contributed by atoms with van der Waals surface area (Å²) in [5.41, 5.74) is 5.94. The zero-order valence-corrected chi connectivity index (χ0v) is 13.5. The zero-order valence-electron chi connectivity index (χ0n) is 12.7. The van der Waals surface area contributed by atoms with E-state index in [-0.39, 0.29) is 0 Å². The number of nitrogens with two attached hydrogens (primary N) is 1. The number of thiophene rings is 1. The van der Waals surface area contributed by atoms with Crippen LogP contribution in [0.15, 0.2) is 35.3 Å². The van der Waals surface area contributed by atoms with Crippen molar-refractivity contribution < 1.29 is 5.11 Å². The van der Waals surface area contributed by atoms with Gasteiger partial charge in [-0.2, -0.15) is 0 Å². The average Bonchev–Trinajstić information content (AvgIpc) is 2.98. The van der Waals surface area contributed by atoms with Crippen molar-refractivity contribution in [2.75, 3.05) is 6.54 Å². The van der Waals surface area contributed by atoms with E-state index >= 15 is 0 Å². The number of aliphatic imine (C=N–C) groups is 1. The number of rotatable bonds is 4. The fourth-order valence-electron chi connectivity index (χ4n) is 2.94. The van der Waals surface area contributed by atoms with E-state index in [4.69, 9.17) is 5.73 Å². The van der Waals surface area contributed by atoms with Crippen LogP contribution in [0.3, 0.4) is 0 Å². The monoisotopic (exact) mass is 317 g/mol. The van der Waals surface area contributed by atoms with Crippen LogP contribution in [0.5, 0.6) is 0 Å². The summed E-state index contributed by atoms with van der Waals surface area (Å²) in [5.74, 6) is 0.451. The molecule has 3 rings (SSSR count). The highest BCUT2D eigenvalue weighted by Crippen LogP contribution is 2.29. The molecule has 0 radical (unpaired) electrons. The number of nitrogens with one attached hydrogen (secondary N) is 1. The van der Waals surface area contributed by atoms with E-state index in [0.29, 0.717) is 18.5 Å². The molecule has 1 aliphatic carbocycles. The highest BCUT2D eigenvalue weighted by atomic mass is 32.1. The third kappa shape index (κ3) is 3.78. The Kier molecular flexibility index (Phi) is 4.95. The summed E-state index contributed by atoms with van der Waals surface area (Å²) in [6, 6.07) is 10.6. The van der Waals surface area contributed by atoms with Crippen molar-refractivity contribution in [2.45, 2.75) is 44.2 Å². The quantitative estimate of drug-likeness (QED) is 0.599. The van der Waals surface area contributed by atoms with Crippen molar-refractivity contribution in [3.05, 3.63) is 35.2 Å². The van der Waals surface area contributed by atoms with Gasteiger partial charge in [0.2, 0.25) is 0 Å². The summed E-state index contributed by atoms with van der Waals surface area (Å²) in [4.78, 5) is 5.24. The lowest BCUT2D eigenvalue weighted by Crippen LogP contribution is -2.41. The number of hydrogen-bond acceptors (Lipinski definition) is 3. The highest BCUT2D eigenvalue weighted by molar-refractivity contribution is 7.19. The number of fused-ring (bicyclic) bond motifs is 1. The van der Waals surface area contributed by atoms with Gasteiger partial charge in [-0.05, 0) is 30.4 Å². The Labute approximate surface area is 135 Å². The largest absolute Gasteiger partial charge is 0.386 e. The highest BCUT2D eigenvalue weighted by Gasteiger charge is 2.14. The van der Waals surface area contributed by atoms with Crippen molar-refractivity contribution in [1.29, 1.82) is 0 Å². The van der Waals surface area contributed by atoms with Crippen LogP contribution < -0.4 is 11.1 Å². The fraction of sp³-hybridized carbons (Fsp3) is 0.471. The lowest BCUT2D eigenvalue weighted by molar-refractivity contribution is 0.191. The Balaban J connectivity index is 1.58. The standard InChI is InChI=1S/C17H23N3OS/c18-17(20-13-7-2-1-3-8-13)19-11-14(21)16-10-12-6-4-5-9-15(12)22-16/h4-6,9-10,13-14,21H,1-3,7-8,11H2,(H3,18,19,20). The molecule has 1 saturated carbocycles. The minimum atomic E-state index is -0.593. The second-order valence-electron chi connectivity index (χ2n) is 5.91. The summed E-state index contributed by atoms with van der Waals surface area (Å²) >= 11 is 1.61. The Morgan fingerprint density at radius 2 is 2.09 bits per heavy atom. The van der Waals surface area contributed by atoms with E-state index in [2.05, 4.69) is 22.4 Å². The maximum atomic E-state index is 10.3. The van der Waals surface area contributed by atoms with Crippen molar-refractivity contribution in [2.24, 2.45) is 10.7 Å². The molecule has 0 bridgehead atoms. The molecule has 1 aliphatic rings. The smallest absolute Gasteiger partial charge is 0.188 e. The van der Waals surface area contributed by atoms with Crippen LogP contribution in [0.1, 0.15) is 43.1 Å². The van der Waals surface area contributed by atoms with E-state index in [0.717, 1.165) is 17.7 Å². The van der Waals surface area contributed by atoms with E-state index in [1.54, 1.807) is 11.3 Å². The molecule has 118 valence electrons. The SMILES string of the molecule is NC(=NCC(O)c1cc2ccccc2s1)NC1CCCCC1. The van der Waals surface area contributed by atoms with Crippen LogP contribution in [0.4, 0.5) is 0 Å². The van der Waals surface area contributed by atoms with Crippen LogP contribution in [0.2, 0.25) is 0 Å². The predicted molar refractivity (Wildman–Crippen MR) is 93.3 cm³/mol. The van der Waals surface area contributed by atoms with Crippen molar-refractivity contribution >= 4 is 27.4 Å². The van der Waals surface area contributed by atoms with Crippen LogP contribution in [-0.2, 0) is 0 Å². The van der Waals surface area contributed by atoms with Gasteiger partial charge >= 0.3 is 0 Å². The first-order chi connectivity index (χ1) is 10.7. The molecular weight excluding hydrogens is 294 g/mol. The molecule has 1 aromatic heterocycles. The van der Waals surface area contributed by atoms with Gasteiger partial charge in [0.15, 0.2) is 5.96 Å². The molecule has 0 spiro atoms. The van der Waals surface area contributed by atoms with Gasteiger partial charge in [0, 0.05) is 15.6 Å². The second kappa shape index (κ2) is 7.11. The molecule has 0 amide bonds. The molecular formula is C17H23N3OS. The Morgan fingerprint density at radius 3 is 2.86 bits per heavy atom. The van der Waals surface area contributed by atoms with Gasteiger partial charge in [-0.1, -0.05) is 37.5 Å². The Hall–Kier alpha value is -1.59. The predicted octanol–water partition coefficient (Wildman–Crippen LogP) is 3.17. The lowest BCUT2D eigenvalue weighted by Gasteiger charge is -2.23. The van der Waals surface area contributed by atoms with Gasteiger partial charge in [-0.15, -0.1) is 11.3 Å². The number of guanidine groups is 1. The first-order valence-electron chi connectivity index (χ1n) is 7.95. The molecule has 1 fully saturated rings. The summed E-state index contributed by atoms with van der Waals surface area (Å²) in [6.45, 7) is 0.304. The molecule has 0 aliphatic heterocycles. The molecule has 1 heterocycles. The lowest BCUT2D eigenvalue weighted by atomic mass is 9.96. The molecule has 1 unspecified atom stereocenters. The van der Waals surface area contributed by atoms with Gasteiger partial charge in [0.05, 0.1) is 6.54 Å². The van der Waals surface area contributed by atoms with E-state index in [9.17, 15) is 5.11 Å². The number of nitrogens with zero attached hydrogens (tertiary/aromatic N) is 1. The summed E-state index contributed by atoms with van der Waals surface area (Å²) in [5, 5.41) is 14.7. The minimum absolute atomic E-state index is 0.304. The van der Waals surface area contributed by atoms with Crippen LogP contribution in [0, 0.1) is 0 Å². The first-order valence-corrected chi connectivity index (χ1v) is 8.77. The Morgan fingerprint density at radius 1 is 1.32 bits per heavy atom. The van der Waals surface area contributed by atoms with E-state index in [1.165, 1.54) is 29.3 Å². The number of benzene rings is 1. The molecule has 22 heavy (non-hydrogen) atoms. The molecule has 2 aromatic rings. The fourth-order valence-corrected chi connectivity index (χ4v) is 3.98. The maximum absolute atomic E-state index is 10.3. The normalized spacial score (nSPS) is 18.5. The zero-order chi connectivity index (χ0) is 15.4. The summed E-state index contributed by atoms with van der Waals surface area (Å²) < 4.78 is 1.19. The first kappa shape index (κ1) is 15.3. The molecule has 1 atom stereocenters. The summed E-state index contributed by atoms with van der Waals surface area (Å²) in [6.07, 6.45) is 5.57. The van der Waals surface area contributed by atoms with Crippen LogP contribution >= 0.6 is 11.3 Å². The number of aliphatic hydroxyl groups is 1. The van der Waals surface area contributed by atoms with Gasteiger partial charge in [0.1, 0.15) is 6.10 Å². The van der Waals surface area contributed by atoms with Crippen molar-refractivity contribution in [3.63, 3.8) is 0 Å². The maximum Gasteiger partial charge on any atom is 0.188 e. The van der Waals surface area contributed by atoms with Gasteiger partial charge in [0.25, 0.3) is 0 Å². The van der Waals surface area contributed by atoms with Crippen LogP contribution in [0.25, 0.3) is 10.1 Å². The third-order valence-corrected chi connectivity index (χ3v) is 5.38. The second-order valence-corrected chi connectivity index (χ2v) is 7.02. The number of hydrogen-bond donors (Lipinski definition) is 3. The molecule has 1 aromatic carbocycles. The average molecular weight is 317 g/mol. The third-order valence-electron chi connectivity index (χ3n) is 4.16. The summed E-state index contributed by atoms with van der Waals surface area (Å²) in [7, 11) is 0. The van der Waals surface area contributed by atoms with Gasteiger partial charge in [-0.25, -0.2) is 0 Å². The van der Waals surface area contributed by atoms with Gasteiger partial charge < -0.3 is 16.2 Å². The minimum Gasteiger partial charge on any atom is -0.386 e. The molecule has 5 heteroatoms. The van der Waals surface area contributed by atoms with Crippen molar-refractivity contribution in [3.8, 4) is 0 Å². The molecule has 4 nitrogen and oxygen atoms in total. The van der Waals surface area contributed by atoms with E-state index < -0.39 is 6.10 Å². The molecule has 0 saturated heterocycles. The Bertz CT molecular complexity index is 613. The van der Waals surface area contributed by atoms with Crippen molar-refractivity contribution in [1.82, 2.24) is 5.32 Å². The molecule has 4 N–H and O–H groups in total. The van der Waals surface area contributed by atoms with E-state index in [1.807, 2.05) is 18.2 Å². The van der Waals surface area contributed by atoms with Crippen LogP contribution in [-0.4, -0.2) is 23.7 Å². The topological polar surface area (TPSA) is 70.6 Å².